The topological polar surface area (TPSA) is 41.5 Å². The highest BCUT2D eigenvalue weighted by molar-refractivity contribution is 6.30. The van der Waals surface area contributed by atoms with Gasteiger partial charge >= 0.3 is 0 Å². The van der Waals surface area contributed by atoms with E-state index in [9.17, 15) is 5.11 Å². The van der Waals surface area contributed by atoms with Crippen LogP contribution < -0.4 is 5.32 Å². The molecule has 0 fully saturated rings. The van der Waals surface area contributed by atoms with E-state index in [4.69, 9.17) is 16.3 Å². The number of hydrogen-bond acceptors (Lipinski definition) is 3. The minimum absolute atomic E-state index is 0.321. The number of aliphatic hydroxyl groups is 1. The average molecular weight is 308 g/mol. The second kappa shape index (κ2) is 7.53. The number of methoxy groups -OCH3 is 1. The maximum Gasteiger partial charge on any atom is 0.0960 e. The van der Waals surface area contributed by atoms with E-state index < -0.39 is 6.10 Å². The van der Waals surface area contributed by atoms with Crippen LogP contribution in [-0.2, 0) is 4.74 Å². The number of benzene rings is 1. The number of halogens is 1. The molecule has 1 aromatic carbocycles. The highest BCUT2D eigenvalue weighted by Gasteiger charge is 2.14. The molecule has 114 valence electrons. The molecule has 0 heterocycles. The van der Waals surface area contributed by atoms with Crippen molar-refractivity contribution in [2.75, 3.05) is 13.7 Å². The van der Waals surface area contributed by atoms with E-state index in [0.29, 0.717) is 17.4 Å². The second-order valence-electron chi connectivity index (χ2n) is 5.27. The maximum atomic E-state index is 10.2. The van der Waals surface area contributed by atoms with E-state index in [1.165, 1.54) is 5.70 Å². The fourth-order valence-electron chi connectivity index (χ4n) is 2.42. The lowest BCUT2D eigenvalue weighted by Crippen LogP contribution is -2.22. The molecule has 2 N–H and O–H groups in total. The first-order chi connectivity index (χ1) is 10.1. The Labute approximate surface area is 131 Å². The van der Waals surface area contributed by atoms with Crippen LogP contribution in [0.2, 0.25) is 5.02 Å². The zero-order chi connectivity index (χ0) is 15.2. The molecule has 2 rings (SSSR count). The lowest BCUT2D eigenvalue weighted by Gasteiger charge is -2.21. The number of aliphatic hydroxyl groups excluding tert-OH is 1. The molecule has 0 radical (unpaired) electrons. The highest BCUT2D eigenvalue weighted by atomic mass is 35.5. The van der Waals surface area contributed by atoms with Crippen molar-refractivity contribution in [1.29, 1.82) is 0 Å². The smallest absolute Gasteiger partial charge is 0.0960 e. The van der Waals surface area contributed by atoms with Crippen LogP contribution in [-0.4, -0.2) is 18.8 Å². The molecule has 4 heteroatoms. The second-order valence-corrected chi connectivity index (χ2v) is 5.71. The fourth-order valence-corrected chi connectivity index (χ4v) is 2.55. The van der Waals surface area contributed by atoms with Crippen molar-refractivity contribution in [3.8, 4) is 0 Å². The van der Waals surface area contributed by atoms with Crippen LogP contribution in [0, 0.1) is 5.92 Å². The van der Waals surface area contributed by atoms with E-state index in [2.05, 4.69) is 24.4 Å². The van der Waals surface area contributed by atoms with Crippen molar-refractivity contribution in [3.05, 3.63) is 58.5 Å². The van der Waals surface area contributed by atoms with Crippen LogP contribution in [0.4, 0.5) is 0 Å². The Morgan fingerprint density at radius 3 is 2.71 bits per heavy atom. The van der Waals surface area contributed by atoms with Crippen LogP contribution >= 0.6 is 11.6 Å². The average Bonchev–Trinajstić information content (AvgIpc) is 2.49. The third-order valence-corrected chi connectivity index (χ3v) is 3.97. The molecule has 2 unspecified atom stereocenters. The van der Waals surface area contributed by atoms with Crippen molar-refractivity contribution in [1.82, 2.24) is 5.32 Å². The monoisotopic (exact) mass is 307 g/mol. The van der Waals surface area contributed by atoms with Crippen molar-refractivity contribution in [3.63, 3.8) is 0 Å². The summed E-state index contributed by atoms with van der Waals surface area (Å²) in [6.07, 6.45) is 5.28. The molecule has 3 nitrogen and oxygen atoms in total. The molecule has 1 aromatic rings. The van der Waals surface area contributed by atoms with Gasteiger partial charge in [0.1, 0.15) is 0 Å². The van der Waals surface area contributed by atoms with Gasteiger partial charge in [-0.1, -0.05) is 36.7 Å². The van der Waals surface area contributed by atoms with Gasteiger partial charge in [0, 0.05) is 29.6 Å². The first-order valence-corrected chi connectivity index (χ1v) is 7.60. The summed E-state index contributed by atoms with van der Waals surface area (Å²) < 4.78 is 5.26. The molecule has 0 saturated carbocycles. The van der Waals surface area contributed by atoms with Gasteiger partial charge in [-0.2, -0.15) is 0 Å². The first-order valence-electron chi connectivity index (χ1n) is 7.22. The summed E-state index contributed by atoms with van der Waals surface area (Å²) in [6, 6.07) is 7.33. The minimum Gasteiger partial charge on any atom is -0.501 e. The molecule has 1 aliphatic rings. The van der Waals surface area contributed by atoms with Crippen LogP contribution in [0.3, 0.4) is 0 Å². The number of rotatable bonds is 6. The lowest BCUT2D eigenvalue weighted by molar-refractivity contribution is 0.167. The summed E-state index contributed by atoms with van der Waals surface area (Å²) in [5.41, 5.74) is 2.09. The van der Waals surface area contributed by atoms with E-state index in [-0.39, 0.29) is 0 Å². The molecule has 0 aliphatic heterocycles. The Balaban J connectivity index is 1.79. The molecular formula is C17H22ClNO2. The van der Waals surface area contributed by atoms with Crippen molar-refractivity contribution < 1.29 is 9.84 Å². The first kappa shape index (κ1) is 15.9. The van der Waals surface area contributed by atoms with Gasteiger partial charge in [0.15, 0.2) is 0 Å². The maximum absolute atomic E-state index is 10.2. The Bertz CT molecular complexity index is 522. The zero-order valence-electron chi connectivity index (χ0n) is 12.5. The quantitative estimate of drug-likeness (QED) is 0.840. The van der Waals surface area contributed by atoms with E-state index in [1.54, 1.807) is 19.2 Å². The fraction of sp³-hybridized carbons (Fsp3) is 0.412. The molecule has 0 aromatic heterocycles. The molecule has 1 aliphatic carbocycles. The predicted molar refractivity (Wildman–Crippen MR) is 86.0 cm³/mol. The normalized spacial score (nSPS) is 19.5. The van der Waals surface area contributed by atoms with Crippen LogP contribution in [0.15, 0.2) is 47.9 Å². The van der Waals surface area contributed by atoms with E-state index >= 15 is 0 Å². The summed E-state index contributed by atoms with van der Waals surface area (Å²) in [7, 11) is 1.70. The van der Waals surface area contributed by atoms with Gasteiger partial charge < -0.3 is 15.2 Å². The van der Waals surface area contributed by atoms with Crippen molar-refractivity contribution >= 4 is 11.6 Å². The third kappa shape index (κ3) is 4.51. The van der Waals surface area contributed by atoms with Gasteiger partial charge in [0.05, 0.1) is 19.0 Å². The number of nitrogens with one attached hydrogen (secondary N) is 1. The van der Waals surface area contributed by atoms with E-state index in [0.717, 1.165) is 24.3 Å². The Morgan fingerprint density at radius 1 is 1.38 bits per heavy atom. The number of hydrogen-bond donors (Lipinski definition) is 2. The predicted octanol–water partition coefficient (Wildman–Crippen LogP) is 3.81. The number of allylic oxidation sites excluding steroid dienone is 2. The third-order valence-electron chi connectivity index (χ3n) is 3.71. The summed E-state index contributed by atoms with van der Waals surface area (Å²) in [5, 5.41) is 14.2. The summed E-state index contributed by atoms with van der Waals surface area (Å²) in [5.74, 6) is 1.33. The molecule has 2 atom stereocenters. The molecule has 0 amide bonds. The summed E-state index contributed by atoms with van der Waals surface area (Å²) in [6.45, 7) is 2.86. The SMILES string of the molecule is COC1=CC(C)C(NCCC(O)c2ccc(Cl)cc2)=CC1. The number of ether oxygens (including phenoxy) is 1. The van der Waals surface area contributed by atoms with Crippen LogP contribution in [0.1, 0.15) is 31.4 Å². The molecule has 0 saturated heterocycles. The molecular weight excluding hydrogens is 286 g/mol. The largest absolute Gasteiger partial charge is 0.501 e. The van der Waals surface area contributed by atoms with Gasteiger partial charge in [0.2, 0.25) is 0 Å². The van der Waals surface area contributed by atoms with Crippen molar-refractivity contribution in [2.24, 2.45) is 5.92 Å². The lowest BCUT2D eigenvalue weighted by atomic mass is 9.99. The van der Waals surface area contributed by atoms with Crippen LogP contribution in [0.5, 0.6) is 0 Å². The Hall–Kier alpha value is -1.45. The van der Waals surface area contributed by atoms with Gasteiger partial charge in [-0.15, -0.1) is 0 Å². The Kier molecular flexibility index (Phi) is 5.71. The zero-order valence-corrected chi connectivity index (χ0v) is 13.2. The Morgan fingerprint density at radius 2 is 2.10 bits per heavy atom. The van der Waals surface area contributed by atoms with Gasteiger partial charge in [0.25, 0.3) is 0 Å². The van der Waals surface area contributed by atoms with Gasteiger partial charge in [-0.05, 0) is 30.2 Å². The summed E-state index contributed by atoms with van der Waals surface area (Å²) in [4.78, 5) is 0. The molecule has 0 bridgehead atoms. The van der Waals surface area contributed by atoms with Crippen LogP contribution in [0.25, 0.3) is 0 Å². The molecule has 0 spiro atoms. The van der Waals surface area contributed by atoms with Gasteiger partial charge in [-0.3, -0.25) is 0 Å². The highest BCUT2D eigenvalue weighted by Crippen LogP contribution is 2.22. The standard InChI is InChI=1S/C17H22ClNO2/c1-12-11-15(21-2)7-8-16(12)19-10-9-17(20)13-3-5-14(18)6-4-13/h3-6,8,11-12,17,19-20H,7,9-10H2,1-2H3. The summed E-state index contributed by atoms with van der Waals surface area (Å²) >= 11 is 5.84. The van der Waals surface area contributed by atoms with E-state index in [1.807, 2.05) is 12.1 Å². The van der Waals surface area contributed by atoms with Gasteiger partial charge in [-0.25, -0.2) is 0 Å². The molecule has 21 heavy (non-hydrogen) atoms. The van der Waals surface area contributed by atoms with Crippen molar-refractivity contribution in [2.45, 2.75) is 25.9 Å². The minimum atomic E-state index is -0.473.